The van der Waals surface area contributed by atoms with Gasteiger partial charge in [0, 0.05) is 36.9 Å². The van der Waals surface area contributed by atoms with E-state index in [9.17, 15) is 4.79 Å². The second-order valence-electron chi connectivity index (χ2n) is 9.19. The first-order valence-electron chi connectivity index (χ1n) is 12.0. The van der Waals surface area contributed by atoms with Gasteiger partial charge in [0.1, 0.15) is 6.04 Å². The molecule has 0 radical (unpaired) electrons. The minimum absolute atomic E-state index is 0.148. The molecule has 1 unspecified atom stereocenters. The number of benzene rings is 2. The number of hydrogen-bond acceptors (Lipinski definition) is 6. The molecule has 0 bridgehead atoms. The zero-order chi connectivity index (χ0) is 25.1. The SMILES string of the molecule is CCCCSc1nc2n(n1)C(c1ccc(N(C)C)cc1)C(C(=O)Nc1ccc(C)cc1C)=C(C)N2. The van der Waals surface area contributed by atoms with Crippen molar-refractivity contribution in [1.29, 1.82) is 0 Å². The van der Waals surface area contributed by atoms with Crippen LogP contribution in [0.25, 0.3) is 0 Å². The highest BCUT2D eigenvalue weighted by molar-refractivity contribution is 7.99. The van der Waals surface area contributed by atoms with E-state index in [1.165, 1.54) is 0 Å². The Bertz CT molecular complexity index is 1250. The molecule has 1 atom stereocenters. The predicted octanol–water partition coefficient (Wildman–Crippen LogP) is 5.78. The molecular weight excluding hydrogens is 456 g/mol. The van der Waals surface area contributed by atoms with E-state index in [2.05, 4.69) is 52.8 Å². The minimum Gasteiger partial charge on any atom is -0.378 e. The molecule has 0 aliphatic carbocycles. The molecule has 1 aliphatic heterocycles. The van der Waals surface area contributed by atoms with Gasteiger partial charge in [-0.05, 0) is 56.5 Å². The van der Waals surface area contributed by atoms with E-state index >= 15 is 0 Å². The fourth-order valence-corrected chi connectivity index (χ4v) is 5.11. The average Bonchev–Trinajstić information content (AvgIpc) is 3.22. The van der Waals surface area contributed by atoms with Gasteiger partial charge in [0.15, 0.2) is 0 Å². The Hall–Kier alpha value is -3.26. The number of anilines is 3. The number of thioether (sulfide) groups is 1. The number of amides is 1. The highest BCUT2D eigenvalue weighted by Crippen LogP contribution is 2.37. The number of allylic oxidation sites excluding steroid dienone is 1. The second kappa shape index (κ2) is 10.6. The van der Waals surface area contributed by atoms with Crippen LogP contribution in [0.4, 0.5) is 17.3 Å². The Morgan fingerprint density at radius 3 is 2.54 bits per heavy atom. The summed E-state index contributed by atoms with van der Waals surface area (Å²) in [7, 11) is 4.03. The summed E-state index contributed by atoms with van der Waals surface area (Å²) in [6.45, 7) is 8.16. The smallest absolute Gasteiger partial charge is 0.255 e. The molecule has 2 N–H and O–H groups in total. The molecule has 1 amide bonds. The van der Waals surface area contributed by atoms with Crippen molar-refractivity contribution >= 4 is 35.0 Å². The summed E-state index contributed by atoms with van der Waals surface area (Å²) in [6, 6.07) is 13.9. The van der Waals surface area contributed by atoms with E-state index in [-0.39, 0.29) is 11.9 Å². The Balaban J connectivity index is 1.73. The zero-order valence-electron chi connectivity index (χ0n) is 21.3. The van der Waals surface area contributed by atoms with Crippen molar-refractivity contribution in [2.75, 3.05) is 35.4 Å². The van der Waals surface area contributed by atoms with Gasteiger partial charge in [0.25, 0.3) is 5.91 Å². The third kappa shape index (κ3) is 5.37. The number of aromatic nitrogens is 3. The number of hydrogen-bond donors (Lipinski definition) is 2. The fourth-order valence-electron chi connectivity index (χ4n) is 4.20. The molecule has 0 spiro atoms. The van der Waals surface area contributed by atoms with Gasteiger partial charge in [-0.1, -0.05) is 54.9 Å². The summed E-state index contributed by atoms with van der Waals surface area (Å²) in [5.74, 6) is 1.48. The summed E-state index contributed by atoms with van der Waals surface area (Å²) in [4.78, 5) is 20.5. The molecule has 1 aliphatic rings. The summed E-state index contributed by atoms with van der Waals surface area (Å²) < 4.78 is 1.85. The standard InChI is InChI=1S/C27H34N6OS/c1-7-8-15-35-27-30-26-28-19(4)23(25(34)29-22-14-9-17(2)16-18(22)3)24(33(26)31-27)20-10-12-21(13-11-20)32(5)6/h9-14,16,24H,7-8,15H2,1-6H3,(H,29,34)(H,28,30,31). The molecule has 8 heteroatoms. The van der Waals surface area contributed by atoms with Crippen LogP contribution in [0.3, 0.4) is 0 Å². The van der Waals surface area contributed by atoms with Crippen LogP contribution in [0, 0.1) is 13.8 Å². The topological polar surface area (TPSA) is 75.1 Å². The highest BCUT2D eigenvalue weighted by Gasteiger charge is 2.34. The van der Waals surface area contributed by atoms with Crippen LogP contribution in [0.1, 0.15) is 49.4 Å². The Morgan fingerprint density at radius 1 is 1.14 bits per heavy atom. The molecule has 35 heavy (non-hydrogen) atoms. The molecule has 184 valence electrons. The number of aryl methyl sites for hydroxylation is 2. The number of carbonyl (C=O) groups is 1. The van der Waals surface area contributed by atoms with Crippen LogP contribution in [-0.4, -0.2) is 40.5 Å². The molecule has 7 nitrogen and oxygen atoms in total. The number of fused-ring (bicyclic) bond motifs is 1. The lowest BCUT2D eigenvalue weighted by atomic mass is 9.94. The lowest BCUT2D eigenvalue weighted by Crippen LogP contribution is -2.31. The minimum atomic E-state index is -0.388. The van der Waals surface area contributed by atoms with E-state index < -0.39 is 0 Å². The fraction of sp³-hybridized carbons (Fsp3) is 0.370. The lowest BCUT2D eigenvalue weighted by molar-refractivity contribution is -0.113. The summed E-state index contributed by atoms with van der Waals surface area (Å²) in [5.41, 5.74) is 6.49. The number of carbonyl (C=O) groups excluding carboxylic acids is 1. The number of rotatable bonds is 8. The van der Waals surface area contributed by atoms with Crippen molar-refractivity contribution in [1.82, 2.24) is 14.8 Å². The Labute approximate surface area is 212 Å². The van der Waals surface area contributed by atoms with Gasteiger partial charge in [0.05, 0.1) is 5.57 Å². The van der Waals surface area contributed by atoms with Gasteiger partial charge in [-0.3, -0.25) is 4.79 Å². The molecule has 2 heterocycles. The lowest BCUT2D eigenvalue weighted by Gasteiger charge is -2.29. The molecule has 0 saturated heterocycles. The average molecular weight is 491 g/mol. The molecular formula is C27H34N6OS. The molecule has 0 fully saturated rings. The molecule has 0 saturated carbocycles. The van der Waals surface area contributed by atoms with E-state index in [1.54, 1.807) is 11.8 Å². The van der Waals surface area contributed by atoms with Gasteiger partial charge in [-0.15, -0.1) is 5.10 Å². The van der Waals surface area contributed by atoms with Crippen LogP contribution in [0.2, 0.25) is 0 Å². The maximum absolute atomic E-state index is 13.7. The maximum Gasteiger partial charge on any atom is 0.255 e. The summed E-state index contributed by atoms with van der Waals surface area (Å²) in [5, 5.41) is 12.0. The summed E-state index contributed by atoms with van der Waals surface area (Å²) in [6.07, 6.45) is 2.24. The van der Waals surface area contributed by atoms with Gasteiger partial charge in [0.2, 0.25) is 11.1 Å². The first kappa shape index (κ1) is 24.9. The quantitative estimate of drug-likeness (QED) is 0.308. The van der Waals surface area contributed by atoms with Gasteiger partial charge in [-0.25, -0.2) is 4.68 Å². The third-order valence-electron chi connectivity index (χ3n) is 6.16. The maximum atomic E-state index is 13.7. The first-order chi connectivity index (χ1) is 16.8. The second-order valence-corrected chi connectivity index (χ2v) is 10.3. The van der Waals surface area contributed by atoms with Crippen LogP contribution >= 0.6 is 11.8 Å². The summed E-state index contributed by atoms with van der Waals surface area (Å²) >= 11 is 1.65. The van der Waals surface area contributed by atoms with E-state index in [0.29, 0.717) is 11.5 Å². The van der Waals surface area contributed by atoms with Crippen molar-refractivity contribution in [3.63, 3.8) is 0 Å². The van der Waals surface area contributed by atoms with Crippen LogP contribution in [0.15, 0.2) is 58.9 Å². The predicted molar refractivity (Wildman–Crippen MR) is 145 cm³/mol. The number of nitrogens with one attached hydrogen (secondary N) is 2. The van der Waals surface area contributed by atoms with Crippen LogP contribution < -0.4 is 15.5 Å². The molecule has 2 aromatic carbocycles. The molecule has 3 aromatic rings. The number of nitrogens with zero attached hydrogens (tertiary/aromatic N) is 4. The largest absolute Gasteiger partial charge is 0.378 e. The first-order valence-corrected chi connectivity index (χ1v) is 13.0. The monoisotopic (exact) mass is 490 g/mol. The van der Waals surface area contributed by atoms with E-state index in [4.69, 9.17) is 10.1 Å². The van der Waals surface area contributed by atoms with Crippen molar-refractivity contribution in [3.05, 3.63) is 70.4 Å². The molecule has 4 rings (SSSR count). The zero-order valence-corrected chi connectivity index (χ0v) is 22.2. The van der Waals surface area contributed by atoms with Crippen LogP contribution in [0.5, 0.6) is 0 Å². The van der Waals surface area contributed by atoms with Crippen molar-refractivity contribution in [2.24, 2.45) is 0 Å². The van der Waals surface area contributed by atoms with E-state index in [1.807, 2.05) is 51.7 Å². The van der Waals surface area contributed by atoms with Crippen LogP contribution in [-0.2, 0) is 4.79 Å². The van der Waals surface area contributed by atoms with Gasteiger partial charge in [-0.2, -0.15) is 4.98 Å². The van der Waals surface area contributed by atoms with Gasteiger partial charge < -0.3 is 15.5 Å². The Kier molecular flexibility index (Phi) is 7.50. The highest BCUT2D eigenvalue weighted by atomic mass is 32.2. The number of unbranched alkanes of at least 4 members (excludes halogenated alkanes) is 1. The Morgan fingerprint density at radius 2 is 1.89 bits per heavy atom. The normalized spacial score (nSPS) is 15.0. The van der Waals surface area contributed by atoms with Crippen molar-refractivity contribution in [3.8, 4) is 0 Å². The van der Waals surface area contributed by atoms with Gasteiger partial charge >= 0.3 is 0 Å². The molecule has 1 aromatic heterocycles. The third-order valence-corrected chi connectivity index (χ3v) is 7.09. The van der Waals surface area contributed by atoms with E-state index in [0.717, 1.165) is 57.5 Å². The van der Waals surface area contributed by atoms with Crippen molar-refractivity contribution < 1.29 is 4.79 Å². The van der Waals surface area contributed by atoms with Crippen molar-refractivity contribution in [2.45, 2.75) is 51.7 Å².